The fraction of sp³-hybridized carbons (Fsp3) is 0.381. The maximum atomic E-state index is 5.61. The Bertz CT molecular complexity index is 957. The number of fused-ring (bicyclic) bond motifs is 1. The van der Waals surface area contributed by atoms with Crippen LogP contribution in [0.3, 0.4) is 0 Å². The molecule has 0 bridgehead atoms. The molecule has 28 heavy (non-hydrogen) atoms. The van der Waals surface area contributed by atoms with Crippen molar-refractivity contribution in [1.29, 1.82) is 0 Å². The smallest absolute Gasteiger partial charge is 0.204 e. The maximum Gasteiger partial charge on any atom is 0.204 e. The highest BCUT2D eigenvalue weighted by Gasteiger charge is 2.25. The minimum atomic E-state index is 0.476. The summed E-state index contributed by atoms with van der Waals surface area (Å²) in [6.07, 6.45) is 5.63. The van der Waals surface area contributed by atoms with E-state index in [2.05, 4.69) is 32.2 Å². The predicted octanol–water partition coefficient (Wildman–Crippen LogP) is 3.43. The molecule has 1 saturated heterocycles. The lowest BCUT2D eigenvalue weighted by molar-refractivity contribution is 0.327. The van der Waals surface area contributed by atoms with E-state index in [-0.39, 0.29) is 0 Å². The fourth-order valence-corrected chi connectivity index (χ4v) is 3.92. The number of anilines is 1. The zero-order chi connectivity index (χ0) is 19.5. The average molecular weight is 380 g/mol. The lowest BCUT2D eigenvalue weighted by atomic mass is 9.93. The quantitative estimate of drug-likeness (QED) is 0.671. The summed E-state index contributed by atoms with van der Waals surface area (Å²) in [6.45, 7) is 1.79. The van der Waals surface area contributed by atoms with Gasteiger partial charge in [0.2, 0.25) is 5.75 Å². The van der Waals surface area contributed by atoms with Gasteiger partial charge in [0.15, 0.2) is 17.3 Å². The van der Waals surface area contributed by atoms with Crippen molar-refractivity contribution in [3.63, 3.8) is 0 Å². The van der Waals surface area contributed by atoms with Crippen LogP contribution in [0.25, 0.3) is 10.8 Å². The number of piperidine rings is 1. The Morgan fingerprint density at radius 3 is 2.39 bits per heavy atom. The highest BCUT2D eigenvalue weighted by Crippen LogP contribution is 2.45. The van der Waals surface area contributed by atoms with Crippen molar-refractivity contribution in [3.8, 4) is 17.2 Å². The zero-order valence-electron chi connectivity index (χ0n) is 16.4. The van der Waals surface area contributed by atoms with Gasteiger partial charge in [-0.05, 0) is 31.0 Å². The zero-order valence-corrected chi connectivity index (χ0v) is 16.4. The molecule has 0 aliphatic carbocycles. The first kappa shape index (κ1) is 18.3. The molecule has 7 nitrogen and oxygen atoms in total. The third-order valence-electron chi connectivity index (χ3n) is 5.35. The van der Waals surface area contributed by atoms with Crippen LogP contribution in [0.5, 0.6) is 17.2 Å². The van der Waals surface area contributed by atoms with Crippen molar-refractivity contribution in [2.45, 2.75) is 18.8 Å². The Hall–Kier alpha value is -3.09. The first-order valence-electron chi connectivity index (χ1n) is 9.37. The van der Waals surface area contributed by atoms with Crippen molar-refractivity contribution >= 4 is 16.6 Å². The molecule has 0 amide bonds. The molecule has 0 spiro atoms. The number of methoxy groups -OCH3 is 3. The number of hydrogen-bond donors (Lipinski definition) is 0. The van der Waals surface area contributed by atoms with Crippen LogP contribution in [0.4, 0.5) is 5.82 Å². The standard InChI is InChI=1S/C21H24N4O3/c1-26-18-12-15-16(19(27-2)20(18)28-3)13-23-24-21(15)25-10-7-14(8-11-25)17-6-4-5-9-22-17/h4-6,9,12-14H,7-8,10-11H2,1-3H3. The molecule has 0 N–H and O–H groups in total. The van der Waals surface area contributed by atoms with Crippen LogP contribution in [0.2, 0.25) is 0 Å². The summed E-state index contributed by atoms with van der Waals surface area (Å²) in [7, 11) is 4.84. The summed E-state index contributed by atoms with van der Waals surface area (Å²) < 4.78 is 16.6. The molecule has 146 valence electrons. The summed E-state index contributed by atoms with van der Waals surface area (Å²) in [5.74, 6) is 3.10. The second-order valence-electron chi connectivity index (χ2n) is 6.79. The van der Waals surface area contributed by atoms with Gasteiger partial charge in [-0.15, -0.1) is 5.10 Å². The number of hydrogen-bond acceptors (Lipinski definition) is 7. The first-order chi connectivity index (χ1) is 13.8. The van der Waals surface area contributed by atoms with Gasteiger partial charge in [0.05, 0.1) is 32.9 Å². The average Bonchev–Trinajstić information content (AvgIpc) is 2.77. The number of rotatable bonds is 5. The van der Waals surface area contributed by atoms with Crippen LogP contribution in [-0.4, -0.2) is 49.6 Å². The normalized spacial score (nSPS) is 14.9. The number of aromatic nitrogens is 3. The van der Waals surface area contributed by atoms with E-state index in [0.29, 0.717) is 23.2 Å². The van der Waals surface area contributed by atoms with Crippen molar-refractivity contribution in [3.05, 3.63) is 42.4 Å². The molecule has 0 atom stereocenters. The van der Waals surface area contributed by atoms with Gasteiger partial charge in [-0.1, -0.05) is 6.07 Å². The molecule has 3 aromatic rings. The monoisotopic (exact) mass is 380 g/mol. The van der Waals surface area contributed by atoms with E-state index in [1.807, 2.05) is 18.3 Å². The number of benzene rings is 1. The van der Waals surface area contributed by atoms with Gasteiger partial charge in [-0.3, -0.25) is 4.98 Å². The van der Waals surface area contributed by atoms with E-state index < -0.39 is 0 Å². The van der Waals surface area contributed by atoms with Gasteiger partial charge in [0.1, 0.15) is 0 Å². The van der Waals surface area contributed by atoms with E-state index in [4.69, 9.17) is 14.2 Å². The molecule has 7 heteroatoms. The second-order valence-corrected chi connectivity index (χ2v) is 6.79. The van der Waals surface area contributed by atoms with E-state index in [1.54, 1.807) is 27.5 Å². The van der Waals surface area contributed by atoms with Crippen LogP contribution in [0, 0.1) is 0 Å². The van der Waals surface area contributed by atoms with Crippen LogP contribution in [-0.2, 0) is 0 Å². The van der Waals surface area contributed by atoms with Crippen molar-refractivity contribution < 1.29 is 14.2 Å². The third kappa shape index (κ3) is 3.17. The van der Waals surface area contributed by atoms with Crippen LogP contribution >= 0.6 is 0 Å². The molecule has 1 aliphatic heterocycles. The second kappa shape index (κ2) is 7.88. The van der Waals surface area contributed by atoms with E-state index in [1.165, 1.54) is 5.69 Å². The molecule has 0 saturated carbocycles. The van der Waals surface area contributed by atoms with Gasteiger partial charge in [0.25, 0.3) is 0 Å². The Kier molecular flexibility index (Phi) is 5.14. The Morgan fingerprint density at radius 2 is 1.75 bits per heavy atom. The molecular weight excluding hydrogens is 356 g/mol. The minimum absolute atomic E-state index is 0.476. The largest absolute Gasteiger partial charge is 0.493 e. The third-order valence-corrected chi connectivity index (χ3v) is 5.35. The van der Waals surface area contributed by atoms with E-state index in [0.717, 1.165) is 42.5 Å². The van der Waals surface area contributed by atoms with Crippen molar-refractivity contribution in [2.24, 2.45) is 0 Å². The van der Waals surface area contributed by atoms with Gasteiger partial charge in [0, 0.05) is 36.3 Å². The molecule has 4 rings (SSSR count). The van der Waals surface area contributed by atoms with Gasteiger partial charge < -0.3 is 19.1 Å². The Morgan fingerprint density at radius 1 is 0.964 bits per heavy atom. The summed E-state index contributed by atoms with van der Waals surface area (Å²) in [4.78, 5) is 6.80. The van der Waals surface area contributed by atoms with Crippen molar-refractivity contribution in [2.75, 3.05) is 39.3 Å². The molecule has 1 aromatic carbocycles. The first-order valence-corrected chi connectivity index (χ1v) is 9.37. The van der Waals surface area contributed by atoms with E-state index in [9.17, 15) is 0 Å². The van der Waals surface area contributed by atoms with Crippen molar-refractivity contribution in [1.82, 2.24) is 15.2 Å². The lowest BCUT2D eigenvalue weighted by Crippen LogP contribution is -2.34. The predicted molar refractivity (Wildman–Crippen MR) is 108 cm³/mol. The summed E-state index contributed by atoms with van der Waals surface area (Å²) in [6, 6.07) is 8.07. The lowest BCUT2D eigenvalue weighted by Gasteiger charge is -2.33. The number of pyridine rings is 1. The molecule has 0 unspecified atom stereocenters. The fourth-order valence-electron chi connectivity index (χ4n) is 3.92. The molecular formula is C21H24N4O3. The molecule has 1 fully saturated rings. The van der Waals surface area contributed by atoms with Gasteiger partial charge >= 0.3 is 0 Å². The molecule has 3 heterocycles. The Balaban J connectivity index is 1.68. The number of ether oxygens (including phenoxy) is 3. The van der Waals surface area contributed by atoms with Gasteiger partial charge in [-0.25, -0.2) is 0 Å². The van der Waals surface area contributed by atoms with Crippen LogP contribution in [0.1, 0.15) is 24.5 Å². The van der Waals surface area contributed by atoms with Gasteiger partial charge in [-0.2, -0.15) is 5.10 Å². The van der Waals surface area contributed by atoms with Crippen LogP contribution in [0.15, 0.2) is 36.7 Å². The SMILES string of the molecule is COc1cc2c(N3CCC(c4ccccn4)CC3)nncc2c(OC)c1OC. The molecule has 1 aliphatic rings. The number of nitrogens with zero attached hydrogens (tertiary/aromatic N) is 4. The maximum absolute atomic E-state index is 5.61. The summed E-state index contributed by atoms with van der Waals surface area (Å²) >= 11 is 0. The minimum Gasteiger partial charge on any atom is -0.493 e. The highest BCUT2D eigenvalue weighted by molar-refractivity contribution is 5.99. The molecule has 2 aromatic heterocycles. The highest BCUT2D eigenvalue weighted by atomic mass is 16.5. The Labute approximate surface area is 164 Å². The summed E-state index contributed by atoms with van der Waals surface area (Å²) in [5, 5.41) is 10.5. The molecule has 0 radical (unpaired) electrons. The summed E-state index contributed by atoms with van der Waals surface area (Å²) in [5.41, 5.74) is 1.17. The van der Waals surface area contributed by atoms with E-state index >= 15 is 0 Å². The van der Waals surface area contributed by atoms with Crippen LogP contribution < -0.4 is 19.1 Å². The topological polar surface area (TPSA) is 69.6 Å².